The molecule has 1 heterocycles. The second-order valence-corrected chi connectivity index (χ2v) is 6.73. The molecule has 5 nitrogen and oxygen atoms in total. The molecule has 3 rings (SSSR count). The minimum atomic E-state index is -0.349. The Bertz CT molecular complexity index is 789. The summed E-state index contributed by atoms with van der Waals surface area (Å²) in [7, 11) is 1.38. The number of hydrogen-bond acceptors (Lipinski definition) is 5. The Morgan fingerprint density at radius 1 is 1.30 bits per heavy atom. The number of aliphatic hydroxyl groups is 1. The molecule has 1 N–H and O–H groups in total. The molecule has 0 aliphatic heterocycles. The molecule has 1 aliphatic rings. The van der Waals surface area contributed by atoms with Gasteiger partial charge in [-0.1, -0.05) is 18.2 Å². The summed E-state index contributed by atoms with van der Waals surface area (Å²) < 4.78 is 4.64. The van der Waals surface area contributed by atoms with E-state index in [-0.39, 0.29) is 12.6 Å². The summed E-state index contributed by atoms with van der Waals surface area (Å²) in [6.07, 6.45) is 9.87. The first-order valence-corrected chi connectivity index (χ1v) is 9.34. The van der Waals surface area contributed by atoms with Crippen LogP contribution in [0.2, 0.25) is 0 Å². The van der Waals surface area contributed by atoms with Crippen molar-refractivity contribution in [2.24, 2.45) is 0 Å². The molecule has 0 bridgehead atoms. The summed E-state index contributed by atoms with van der Waals surface area (Å²) in [5.41, 5.74) is 4.91. The van der Waals surface area contributed by atoms with E-state index in [1.807, 2.05) is 30.6 Å². The minimum Gasteiger partial charge on any atom is -0.466 e. The zero-order valence-electron chi connectivity index (χ0n) is 15.7. The second-order valence-electron chi connectivity index (χ2n) is 6.73. The number of nitrogens with zero attached hydrogens (tertiary/aromatic N) is 2. The third-order valence-electron chi connectivity index (χ3n) is 5.09. The van der Waals surface area contributed by atoms with E-state index >= 15 is 0 Å². The zero-order chi connectivity index (χ0) is 19.1. The number of carbonyl (C=O) groups excluding carboxylic acids is 1. The normalized spacial score (nSPS) is 16.0. The number of rotatable bonds is 8. The Labute approximate surface area is 160 Å². The number of pyridine rings is 1. The minimum absolute atomic E-state index is 0.155. The van der Waals surface area contributed by atoms with E-state index in [1.165, 1.54) is 29.9 Å². The Kier molecular flexibility index (Phi) is 6.74. The second kappa shape index (κ2) is 9.44. The summed E-state index contributed by atoms with van der Waals surface area (Å²) in [5, 5.41) is 9.53. The molecule has 0 saturated carbocycles. The van der Waals surface area contributed by atoms with Crippen molar-refractivity contribution in [3.05, 3.63) is 71.1 Å². The lowest BCUT2D eigenvalue weighted by Gasteiger charge is -2.29. The van der Waals surface area contributed by atoms with Crippen molar-refractivity contribution in [2.45, 2.75) is 25.3 Å². The smallest absolute Gasteiger partial charge is 0.330 e. The largest absolute Gasteiger partial charge is 0.466 e. The van der Waals surface area contributed by atoms with Gasteiger partial charge in [-0.15, -0.1) is 0 Å². The van der Waals surface area contributed by atoms with Gasteiger partial charge in [-0.3, -0.25) is 9.88 Å². The number of methoxy groups -OCH3 is 1. The molecule has 1 aromatic heterocycles. The average molecular weight is 366 g/mol. The molecule has 0 radical (unpaired) electrons. The lowest BCUT2D eigenvalue weighted by Crippen LogP contribution is -2.32. The Morgan fingerprint density at radius 3 is 2.85 bits per heavy atom. The number of aliphatic hydroxyl groups excluding tert-OH is 1. The van der Waals surface area contributed by atoms with Crippen LogP contribution in [-0.4, -0.2) is 47.8 Å². The highest BCUT2D eigenvalue weighted by molar-refractivity contribution is 5.86. The first-order valence-electron chi connectivity index (χ1n) is 9.34. The van der Waals surface area contributed by atoms with E-state index in [0.29, 0.717) is 12.6 Å². The van der Waals surface area contributed by atoms with Crippen LogP contribution in [0.15, 0.2) is 48.8 Å². The van der Waals surface area contributed by atoms with Gasteiger partial charge in [-0.25, -0.2) is 4.79 Å². The van der Waals surface area contributed by atoms with Crippen LogP contribution in [0, 0.1) is 0 Å². The van der Waals surface area contributed by atoms with Crippen molar-refractivity contribution in [1.82, 2.24) is 9.88 Å². The monoisotopic (exact) mass is 366 g/mol. The van der Waals surface area contributed by atoms with Crippen LogP contribution in [0.25, 0.3) is 6.08 Å². The molecule has 2 aromatic rings. The number of fused-ring (bicyclic) bond motifs is 1. The summed E-state index contributed by atoms with van der Waals surface area (Å²) in [5.74, 6) is -0.349. The van der Waals surface area contributed by atoms with Gasteiger partial charge in [0, 0.05) is 37.6 Å². The molecule has 0 fully saturated rings. The fraction of sp³-hybridized carbons (Fsp3) is 0.364. The Balaban J connectivity index is 1.71. The van der Waals surface area contributed by atoms with E-state index in [9.17, 15) is 9.90 Å². The maximum atomic E-state index is 11.3. The molecule has 5 heteroatoms. The number of aromatic nitrogens is 1. The van der Waals surface area contributed by atoms with E-state index in [4.69, 9.17) is 0 Å². The molecule has 1 unspecified atom stereocenters. The van der Waals surface area contributed by atoms with E-state index in [0.717, 1.165) is 31.4 Å². The summed E-state index contributed by atoms with van der Waals surface area (Å²) in [4.78, 5) is 17.7. The highest BCUT2D eigenvalue weighted by Gasteiger charge is 2.27. The average Bonchev–Trinajstić information content (AvgIpc) is 3.13. The van der Waals surface area contributed by atoms with Gasteiger partial charge in [0.15, 0.2) is 0 Å². The van der Waals surface area contributed by atoms with Crippen LogP contribution in [0.1, 0.15) is 34.7 Å². The van der Waals surface area contributed by atoms with E-state index in [2.05, 4.69) is 26.8 Å². The number of benzene rings is 1. The predicted octanol–water partition coefficient (Wildman–Crippen LogP) is 2.79. The van der Waals surface area contributed by atoms with Gasteiger partial charge in [0.1, 0.15) is 0 Å². The molecular formula is C22H26N2O3. The first-order chi connectivity index (χ1) is 13.2. The van der Waals surface area contributed by atoms with E-state index in [1.54, 1.807) is 6.08 Å². The van der Waals surface area contributed by atoms with Gasteiger partial charge in [0.25, 0.3) is 0 Å². The van der Waals surface area contributed by atoms with Crippen molar-refractivity contribution in [1.29, 1.82) is 0 Å². The predicted molar refractivity (Wildman–Crippen MR) is 105 cm³/mol. The quantitative estimate of drug-likeness (QED) is 0.575. The third-order valence-corrected chi connectivity index (χ3v) is 5.09. The molecule has 1 aliphatic carbocycles. The third kappa shape index (κ3) is 5.02. The SMILES string of the molecule is COC(=O)C=Cc1ccc2c(c1)CCC2N(CCO)CCc1ccncc1. The first kappa shape index (κ1) is 19.3. The molecule has 0 saturated heterocycles. The summed E-state index contributed by atoms with van der Waals surface area (Å²) in [6, 6.07) is 10.7. The van der Waals surface area contributed by atoms with Crippen LogP contribution < -0.4 is 0 Å². The Hall–Kier alpha value is -2.50. The number of ether oxygens (including phenoxy) is 1. The van der Waals surface area contributed by atoms with Crippen molar-refractivity contribution in [2.75, 3.05) is 26.8 Å². The van der Waals surface area contributed by atoms with Crippen molar-refractivity contribution in [3.63, 3.8) is 0 Å². The lowest BCUT2D eigenvalue weighted by atomic mass is 10.0. The number of carbonyl (C=O) groups is 1. The van der Waals surface area contributed by atoms with Crippen molar-refractivity contribution in [3.8, 4) is 0 Å². The highest BCUT2D eigenvalue weighted by atomic mass is 16.5. The van der Waals surface area contributed by atoms with Crippen LogP contribution in [0.5, 0.6) is 0 Å². The standard InChI is InChI=1S/C22H26N2O3/c1-27-22(26)7-3-18-2-5-20-19(16-18)4-6-21(20)24(14-15-25)13-10-17-8-11-23-12-9-17/h2-3,5,7-9,11-12,16,21,25H,4,6,10,13-15H2,1H3. The van der Waals surface area contributed by atoms with Gasteiger partial charge in [-0.2, -0.15) is 0 Å². The molecule has 0 spiro atoms. The zero-order valence-corrected chi connectivity index (χ0v) is 15.7. The van der Waals surface area contributed by atoms with Gasteiger partial charge in [0.05, 0.1) is 13.7 Å². The van der Waals surface area contributed by atoms with Crippen molar-refractivity contribution < 1.29 is 14.6 Å². The van der Waals surface area contributed by atoms with Crippen molar-refractivity contribution >= 4 is 12.0 Å². The summed E-state index contributed by atoms with van der Waals surface area (Å²) >= 11 is 0. The maximum absolute atomic E-state index is 11.3. The fourth-order valence-electron chi connectivity index (χ4n) is 3.70. The van der Waals surface area contributed by atoms with Crippen LogP contribution in [0.4, 0.5) is 0 Å². The lowest BCUT2D eigenvalue weighted by molar-refractivity contribution is -0.134. The number of aryl methyl sites for hydroxylation is 1. The summed E-state index contributed by atoms with van der Waals surface area (Å²) in [6.45, 7) is 1.72. The van der Waals surface area contributed by atoms with Gasteiger partial charge in [-0.05, 0) is 59.7 Å². The van der Waals surface area contributed by atoms with E-state index < -0.39 is 0 Å². The van der Waals surface area contributed by atoms with Gasteiger partial charge in [0.2, 0.25) is 0 Å². The highest BCUT2D eigenvalue weighted by Crippen LogP contribution is 2.36. The van der Waals surface area contributed by atoms with Crippen LogP contribution in [0.3, 0.4) is 0 Å². The fourth-order valence-corrected chi connectivity index (χ4v) is 3.70. The Morgan fingerprint density at radius 2 is 2.11 bits per heavy atom. The van der Waals surface area contributed by atoms with Gasteiger partial charge < -0.3 is 9.84 Å². The van der Waals surface area contributed by atoms with Gasteiger partial charge >= 0.3 is 5.97 Å². The molecular weight excluding hydrogens is 340 g/mol. The molecule has 1 aromatic carbocycles. The van der Waals surface area contributed by atoms with Crippen LogP contribution >= 0.6 is 0 Å². The topological polar surface area (TPSA) is 62.7 Å². The molecule has 27 heavy (non-hydrogen) atoms. The van der Waals surface area contributed by atoms with Crippen LogP contribution in [-0.2, 0) is 22.4 Å². The number of esters is 1. The maximum Gasteiger partial charge on any atom is 0.330 e. The molecule has 1 atom stereocenters. The molecule has 142 valence electrons. The number of hydrogen-bond donors (Lipinski definition) is 1. The molecule has 0 amide bonds.